The molecule has 0 aliphatic heterocycles. The third kappa shape index (κ3) is 4.55. The highest BCUT2D eigenvalue weighted by molar-refractivity contribution is 6.33. The molecule has 122 valence electrons. The van der Waals surface area contributed by atoms with E-state index in [0.29, 0.717) is 17.0 Å². The molecule has 0 atom stereocenters. The maximum Gasteiger partial charge on any atom is 0.126 e. The van der Waals surface area contributed by atoms with Crippen LogP contribution in [0, 0.1) is 19.7 Å². The molecule has 0 aliphatic rings. The van der Waals surface area contributed by atoms with Gasteiger partial charge in [-0.1, -0.05) is 29.8 Å². The second kappa shape index (κ2) is 7.60. The Labute approximate surface area is 142 Å². The smallest absolute Gasteiger partial charge is 0.126 e. The highest BCUT2D eigenvalue weighted by atomic mass is 35.5. The molecule has 0 fully saturated rings. The van der Waals surface area contributed by atoms with E-state index in [4.69, 9.17) is 11.6 Å². The molecule has 2 nitrogen and oxygen atoms in total. The van der Waals surface area contributed by atoms with Gasteiger partial charge in [-0.15, -0.1) is 0 Å². The van der Waals surface area contributed by atoms with Gasteiger partial charge in [-0.25, -0.2) is 9.38 Å². The fourth-order valence-corrected chi connectivity index (χ4v) is 2.55. The van der Waals surface area contributed by atoms with Crippen molar-refractivity contribution in [1.29, 1.82) is 0 Å². The Morgan fingerprint density at radius 3 is 2.61 bits per heavy atom. The van der Waals surface area contributed by atoms with Gasteiger partial charge in [0.2, 0.25) is 0 Å². The van der Waals surface area contributed by atoms with Gasteiger partial charge in [-0.3, -0.25) is 0 Å². The van der Waals surface area contributed by atoms with Crippen molar-refractivity contribution < 1.29 is 4.39 Å². The molecule has 0 saturated carbocycles. The Balaban J connectivity index is 2.33. The molecular formula is C19H22ClFN2. The SMILES string of the molecule is CCN(C)C=Nc1cc(C)cc(Cc2ccc(F)c(C)c2)c1Cl. The predicted molar refractivity (Wildman–Crippen MR) is 96.6 cm³/mol. The minimum absolute atomic E-state index is 0.183. The van der Waals surface area contributed by atoms with Gasteiger partial charge in [-0.2, -0.15) is 0 Å². The molecular weight excluding hydrogens is 311 g/mol. The van der Waals surface area contributed by atoms with E-state index >= 15 is 0 Å². The summed E-state index contributed by atoms with van der Waals surface area (Å²) in [6.07, 6.45) is 2.44. The average Bonchev–Trinajstić information content (AvgIpc) is 2.52. The molecule has 0 bridgehead atoms. The lowest BCUT2D eigenvalue weighted by molar-refractivity contribution is 0.552. The molecule has 0 N–H and O–H groups in total. The Morgan fingerprint density at radius 2 is 1.96 bits per heavy atom. The lowest BCUT2D eigenvalue weighted by Gasteiger charge is -2.12. The van der Waals surface area contributed by atoms with Crippen LogP contribution in [0.3, 0.4) is 0 Å². The monoisotopic (exact) mass is 332 g/mol. The normalized spacial score (nSPS) is 11.2. The summed E-state index contributed by atoms with van der Waals surface area (Å²) in [5.74, 6) is -0.183. The van der Waals surface area contributed by atoms with Crippen molar-refractivity contribution in [2.75, 3.05) is 13.6 Å². The van der Waals surface area contributed by atoms with Gasteiger partial charge in [-0.05, 0) is 61.6 Å². The van der Waals surface area contributed by atoms with Gasteiger partial charge < -0.3 is 4.90 Å². The zero-order valence-electron chi connectivity index (χ0n) is 14.0. The number of rotatable bonds is 5. The topological polar surface area (TPSA) is 15.6 Å². The quantitative estimate of drug-likeness (QED) is 0.536. The Hall–Kier alpha value is -1.87. The molecule has 23 heavy (non-hydrogen) atoms. The molecule has 0 radical (unpaired) electrons. The van der Waals surface area contributed by atoms with Gasteiger partial charge in [0, 0.05) is 13.6 Å². The van der Waals surface area contributed by atoms with Crippen LogP contribution in [0.5, 0.6) is 0 Å². The van der Waals surface area contributed by atoms with Gasteiger partial charge in [0.1, 0.15) is 5.82 Å². The van der Waals surface area contributed by atoms with Crippen LogP contribution >= 0.6 is 11.6 Å². The van der Waals surface area contributed by atoms with Crippen LogP contribution in [0.2, 0.25) is 5.02 Å². The molecule has 0 aliphatic carbocycles. The highest BCUT2D eigenvalue weighted by Crippen LogP contribution is 2.31. The summed E-state index contributed by atoms with van der Waals surface area (Å²) in [6.45, 7) is 6.74. The average molecular weight is 333 g/mol. The first kappa shape index (κ1) is 17.5. The second-order valence-electron chi connectivity index (χ2n) is 5.84. The van der Waals surface area contributed by atoms with Crippen LogP contribution in [0.15, 0.2) is 35.3 Å². The van der Waals surface area contributed by atoms with Gasteiger partial charge >= 0.3 is 0 Å². The second-order valence-corrected chi connectivity index (χ2v) is 6.21. The molecule has 2 aromatic carbocycles. The standard InChI is InChI=1S/C19H22ClFN2/c1-5-23(4)12-22-18-9-13(2)8-16(19(18)20)11-15-6-7-17(21)14(3)10-15/h6-10,12H,5,11H2,1-4H3. The first-order valence-corrected chi connectivity index (χ1v) is 8.07. The van der Waals surface area contributed by atoms with Crippen molar-refractivity contribution in [3.63, 3.8) is 0 Å². The summed E-state index contributed by atoms with van der Waals surface area (Å²) >= 11 is 6.52. The molecule has 0 unspecified atom stereocenters. The minimum atomic E-state index is -0.183. The van der Waals surface area contributed by atoms with Crippen LogP contribution in [0.1, 0.15) is 29.2 Å². The minimum Gasteiger partial charge on any atom is -0.366 e. The lowest BCUT2D eigenvalue weighted by Crippen LogP contribution is -2.14. The lowest BCUT2D eigenvalue weighted by atomic mass is 10.0. The van der Waals surface area contributed by atoms with E-state index < -0.39 is 0 Å². The van der Waals surface area contributed by atoms with Gasteiger partial charge in [0.15, 0.2) is 0 Å². The summed E-state index contributed by atoms with van der Waals surface area (Å²) in [5, 5.41) is 0.651. The van der Waals surface area contributed by atoms with Crippen molar-refractivity contribution in [2.24, 2.45) is 4.99 Å². The first-order chi connectivity index (χ1) is 10.9. The third-order valence-corrected chi connectivity index (χ3v) is 4.22. The van der Waals surface area contributed by atoms with Crippen LogP contribution in [0.4, 0.5) is 10.1 Å². The molecule has 4 heteroatoms. The number of aliphatic imine (C=N–C) groups is 1. The largest absolute Gasteiger partial charge is 0.366 e. The van der Waals surface area contributed by atoms with Crippen molar-refractivity contribution in [3.05, 3.63) is 63.4 Å². The van der Waals surface area contributed by atoms with Crippen molar-refractivity contribution in [2.45, 2.75) is 27.2 Å². The third-order valence-electron chi connectivity index (χ3n) is 3.78. The van der Waals surface area contributed by atoms with E-state index in [-0.39, 0.29) is 5.82 Å². The maximum atomic E-state index is 13.4. The van der Waals surface area contributed by atoms with E-state index in [9.17, 15) is 4.39 Å². The van der Waals surface area contributed by atoms with Crippen LogP contribution in [-0.4, -0.2) is 24.8 Å². The fourth-order valence-electron chi connectivity index (χ4n) is 2.33. The fraction of sp³-hybridized carbons (Fsp3) is 0.316. The number of hydrogen-bond acceptors (Lipinski definition) is 1. The molecule has 0 saturated heterocycles. The van der Waals surface area contributed by atoms with Crippen LogP contribution in [0.25, 0.3) is 0 Å². The summed E-state index contributed by atoms with van der Waals surface area (Å²) < 4.78 is 13.4. The van der Waals surface area contributed by atoms with E-state index in [1.165, 1.54) is 6.07 Å². The Morgan fingerprint density at radius 1 is 1.22 bits per heavy atom. The zero-order valence-corrected chi connectivity index (χ0v) is 14.8. The summed E-state index contributed by atoms with van der Waals surface area (Å²) in [6, 6.07) is 9.20. The molecule has 0 amide bonds. The van der Waals surface area contributed by atoms with Crippen molar-refractivity contribution in [1.82, 2.24) is 4.90 Å². The summed E-state index contributed by atoms with van der Waals surface area (Å²) in [4.78, 5) is 6.47. The zero-order chi connectivity index (χ0) is 17.0. The molecule has 0 heterocycles. The van der Waals surface area contributed by atoms with E-state index in [0.717, 1.165) is 28.9 Å². The number of halogens is 2. The summed E-state index contributed by atoms with van der Waals surface area (Å²) in [5.41, 5.74) is 4.56. The van der Waals surface area contributed by atoms with Crippen molar-refractivity contribution >= 4 is 23.6 Å². The molecule has 0 spiro atoms. The van der Waals surface area contributed by atoms with Gasteiger partial charge in [0.05, 0.1) is 17.0 Å². The predicted octanol–water partition coefficient (Wildman–Crippen LogP) is 5.30. The number of hydrogen-bond donors (Lipinski definition) is 0. The molecule has 0 aromatic heterocycles. The van der Waals surface area contributed by atoms with Gasteiger partial charge in [0.25, 0.3) is 0 Å². The Kier molecular flexibility index (Phi) is 5.78. The van der Waals surface area contributed by atoms with E-state index in [1.54, 1.807) is 19.3 Å². The number of aryl methyl sites for hydroxylation is 2. The molecule has 2 rings (SSSR count). The maximum absolute atomic E-state index is 13.4. The van der Waals surface area contributed by atoms with Crippen LogP contribution < -0.4 is 0 Å². The van der Waals surface area contributed by atoms with Crippen LogP contribution in [-0.2, 0) is 6.42 Å². The van der Waals surface area contributed by atoms with E-state index in [2.05, 4.69) is 18.0 Å². The first-order valence-electron chi connectivity index (χ1n) is 7.69. The number of benzene rings is 2. The highest BCUT2D eigenvalue weighted by Gasteiger charge is 2.09. The van der Waals surface area contributed by atoms with E-state index in [1.807, 2.05) is 31.0 Å². The van der Waals surface area contributed by atoms with Crippen molar-refractivity contribution in [3.8, 4) is 0 Å². The summed E-state index contributed by atoms with van der Waals surface area (Å²) in [7, 11) is 1.97. The number of nitrogens with zero attached hydrogens (tertiary/aromatic N) is 2. The molecule has 2 aromatic rings. The Bertz CT molecular complexity index is 726.